The van der Waals surface area contributed by atoms with Crippen LogP contribution >= 0.6 is 0 Å². The average molecular weight is 246 g/mol. The molecule has 1 saturated carbocycles. The quantitative estimate of drug-likeness (QED) is 0.460. The van der Waals surface area contributed by atoms with E-state index in [-0.39, 0.29) is 0 Å². The molecule has 96 valence electrons. The normalized spacial score (nSPS) is 37.0. The number of hydrogen-bond donors (Lipinski definition) is 4. The Labute approximate surface area is 96.7 Å². The monoisotopic (exact) mass is 246 g/mol. The summed E-state index contributed by atoms with van der Waals surface area (Å²) in [5.74, 6) is -0.578. The number of nitrogens with zero attached hydrogens (tertiary/aromatic N) is 1. The van der Waals surface area contributed by atoms with Crippen molar-refractivity contribution in [3.8, 4) is 0 Å². The van der Waals surface area contributed by atoms with Gasteiger partial charge in [-0.25, -0.2) is 9.86 Å². The summed E-state index contributed by atoms with van der Waals surface area (Å²) in [7, 11) is 0. The van der Waals surface area contributed by atoms with Gasteiger partial charge in [-0.15, -0.1) is 0 Å². The predicted molar refractivity (Wildman–Crippen MR) is 52.8 cm³/mol. The summed E-state index contributed by atoms with van der Waals surface area (Å²) < 4.78 is 0. The summed E-state index contributed by atoms with van der Waals surface area (Å²) in [5, 5.41) is 30.5. The predicted octanol–water partition coefficient (Wildman–Crippen LogP) is -1.72. The molecule has 17 heavy (non-hydrogen) atoms. The Morgan fingerprint density at radius 1 is 1.41 bits per heavy atom. The van der Waals surface area contributed by atoms with E-state index in [4.69, 9.17) is 9.94 Å². The van der Waals surface area contributed by atoms with E-state index in [0.29, 0.717) is 6.42 Å². The van der Waals surface area contributed by atoms with Gasteiger partial charge in [-0.1, -0.05) is 0 Å². The minimum atomic E-state index is -1.31. The van der Waals surface area contributed by atoms with Crippen LogP contribution in [0.1, 0.15) is 13.3 Å². The summed E-state index contributed by atoms with van der Waals surface area (Å²) in [6.45, 7) is 1.38. The maximum atomic E-state index is 11.8. The Bertz CT molecular complexity index is 346. The fourth-order valence-corrected chi connectivity index (χ4v) is 2.18. The Morgan fingerprint density at radius 2 is 2.06 bits per heavy atom. The second-order valence-electron chi connectivity index (χ2n) is 4.26. The van der Waals surface area contributed by atoms with Crippen LogP contribution in [0.5, 0.6) is 0 Å². The van der Waals surface area contributed by atoms with Crippen molar-refractivity contribution in [1.29, 1.82) is 0 Å². The largest absolute Gasteiger partial charge is 0.465 e. The Kier molecular flexibility index (Phi) is 2.94. The Hall–Kier alpha value is -1.38. The number of nitrogens with one attached hydrogen (secondary N) is 1. The van der Waals surface area contributed by atoms with Gasteiger partial charge < -0.3 is 20.6 Å². The molecule has 8 nitrogen and oxygen atoms in total. The number of hydrogen-bond acceptors (Lipinski definition) is 5. The van der Waals surface area contributed by atoms with Crippen LogP contribution in [0.3, 0.4) is 0 Å². The fraction of sp³-hybridized carbons (Fsp3) is 0.778. The van der Waals surface area contributed by atoms with Crippen molar-refractivity contribution in [2.24, 2.45) is 0 Å². The second kappa shape index (κ2) is 4.13. The molecule has 4 N–H and O–H groups in total. The number of fused-ring (bicyclic) bond motifs is 2. The van der Waals surface area contributed by atoms with Gasteiger partial charge in [-0.2, -0.15) is 0 Å². The smallest absolute Gasteiger partial charge is 0.405 e. The minimum Gasteiger partial charge on any atom is -0.465 e. The lowest BCUT2D eigenvalue weighted by Crippen LogP contribution is -2.55. The second-order valence-corrected chi connectivity index (χ2v) is 4.26. The van der Waals surface area contributed by atoms with E-state index < -0.39 is 42.4 Å². The van der Waals surface area contributed by atoms with Gasteiger partial charge in [-0.05, 0) is 6.92 Å². The van der Waals surface area contributed by atoms with E-state index in [1.807, 2.05) is 5.32 Å². The summed E-state index contributed by atoms with van der Waals surface area (Å²) in [4.78, 5) is 27.3. The lowest BCUT2D eigenvalue weighted by molar-refractivity contribution is -0.240. The fourth-order valence-electron chi connectivity index (χ4n) is 2.18. The SMILES string of the molecule is C[C@@H](NC(=O)O)C(=O)N1OC2CC1C(O)C2O. The van der Waals surface area contributed by atoms with Gasteiger partial charge in [0.25, 0.3) is 5.91 Å². The molecule has 2 amide bonds. The van der Waals surface area contributed by atoms with Gasteiger partial charge in [0.15, 0.2) is 0 Å². The van der Waals surface area contributed by atoms with E-state index >= 15 is 0 Å². The van der Waals surface area contributed by atoms with Gasteiger partial charge in [0.05, 0.1) is 6.04 Å². The number of carboxylic acid groups (broad SMARTS) is 1. The van der Waals surface area contributed by atoms with Crippen molar-refractivity contribution in [1.82, 2.24) is 10.4 Å². The molecule has 2 rings (SSSR count). The highest BCUT2D eigenvalue weighted by molar-refractivity contribution is 5.84. The van der Waals surface area contributed by atoms with E-state index in [0.717, 1.165) is 5.06 Å². The highest BCUT2D eigenvalue weighted by Crippen LogP contribution is 2.35. The zero-order valence-corrected chi connectivity index (χ0v) is 9.11. The van der Waals surface area contributed by atoms with E-state index in [1.54, 1.807) is 0 Å². The molecular weight excluding hydrogens is 232 g/mol. The van der Waals surface area contributed by atoms with Crippen LogP contribution in [0.2, 0.25) is 0 Å². The first-order valence-corrected chi connectivity index (χ1v) is 5.27. The van der Waals surface area contributed by atoms with Crippen molar-refractivity contribution >= 4 is 12.0 Å². The Morgan fingerprint density at radius 3 is 2.53 bits per heavy atom. The van der Waals surface area contributed by atoms with Gasteiger partial charge in [0.1, 0.15) is 24.4 Å². The van der Waals surface area contributed by atoms with E-state index in [1.165, 1.54) is 6.92 Å². The van der Waals surface area contributed by atoms with Crippen molar-refractivity contribution in [2.45, 2.75) is 43.7 Å². The number of carbonyl (C=O) groups excluding carboxylic acids is 1. The van der Waals surface area contributed by atoms with Crippen molar-refractivity contribution in [3.63, 3.8) is 0 Å². The molecule has 0 radical (unpaired) electrons. The molecule has 2 aliphatic rings. The molecule has 2 bridgehead atoms. The van der Waals surface area contributed by atoms with E-state index in [2.05, 4.69) is 0 Å². The molecule has 0 aromatic heterocycles. The molecule has 1 heterocycles. The number of amides is 2. The molecule has 1 aliphatic heterocycles. The molecular formula is C9H14N2O6. The summed E-state index contributed by atoms with van der Waals surface area (Å²) in [6, 6.07) is -1.57. The lowest BCUT2D eigenvalue weighted by Gasteiger charge is -2.33. The van der Waals surface area contributed by atoms with Gasteiger partial charge in [0.2, 0.25) is 0 Å². The molecule has 0 spiro atoms. The first kappa shape index (κ1) is 12.1. The zero-order valence-electron chi connectivity index (χ0n) is 9.11. The van der Waals surface area contributed by atoms with Crippen molar-refractivity contribution in [2.75, 3.05) is 0 Å². The highest BCUT2D eigenvalue weighted by Gasteiger charge is 2.54. The minimum absolute atomic E-state index is 0.355. The number of hydroxylamine groups is 2. The number of rotatable bonds is 2. The maximum absolute atomic E-state index is 11.8. The lowest BCUT2D eigenvalue weighted by atomic mass is 10.1. The van der Waals surface area contributed by atoms with Gasteiger partial charge in [-0.3, -0.25) is 9.63 Å². The van der Waals surface area contributed by atoms with Crippen LogP contribution < -0.4 is 5.32 Å². The first-order valence-electron chi connectivity index (χ1n) is 5.27. The van der Waals surface area contributed by atoms with Gasteiger partial charge >= 0.3 is 6.09 Å². The first-order chi connectivity index (χ1) is 7.91. The summed E-state index contributed by atoms with van der Waals surface area (Å²) in [6.07, 6.45) is -3.60. The molecule has 0 aromatic rings. The van der Waals surface area contributed by atoms with Crippen molar-refractivity contribution < 1.29 is 29.7 Å². The van der Waals surface area contributed by atoms with Crippen LogP contribution in [0.25, 0.3) is 0 Å². The number of aliphatic hydroxyl groups excluding tert-OH is 2. The van der Waals surface area contributed by atoms with Crippen LogP contribution in [0.4, 0.5) is 4.79 Å². The zero-order chi connectivity index (χ0) is 12.7. The number of aliphatic hydroxyl groups is 2. The molecule has 1 saturated heterocycles. The third-order valence-electron chi connectivity index (χ3n) is 3.08. The topological polar surface area (TPSA) is 119 Å². The highest BCUT2D eigenvalue weighted by atomic mass is 16.7. The summed E-state index contributed by atoms with van der Waals surface area (Å²) in [5.41, 5.74) is 0. The van der Waals surface area contributed by atoms with Gasteiger partial charge in [0, 0.05) is 6.42 Å². The van der Waals surface area contributed by atoms with Crippen molar-refractivity contribution in [3.05, 3.63) is 0 Å². The molecule has 1 aliphatic carbocycles. The molecule has 5 atom stereocenters. The van der Waals surface area contributed by atoms with E-state index in [9.17, 15) is 19.8 Å². The summed E-state index contributed by atoms with van der Waals surface area (Å²) >= 11 is 0. The van der Waals surface area contributed by atoms with Crippen LogP contribution in [-0.4, -0.2) is 62.8 Å². The third-order valence-corrected chi connectivity index (χ3v) is 3.08. The maximum Gasteiger partial charge on any atom is 0.405 e. The van der Waals surface area contributed by atoms with Crippen LogP contribution in [0.15, 0.2) is 0 Å². The molecule has 8 heteroatoms. The number of carbonyl (C=O) groups is 2. The molecule has 2 fully saturated rings. The standard InChI is InChI=1S/C9H14N2O6/c1-3(10-9(15)16)8(14)11-4-2-5(17-11)7(13)6(4)12/h3-7,10,12-13H,2H2,1H3,(H,15,16)/t3-,4?,5?,6?,7?/m1/s1. The molecule has 4 unspecified atom stereocenters. The third kappa shape index (κ3) is 1.94. The molecule has 0 aromatic carbocycles. The van der Waals surface area contributed by atoms with Crippen LogP contribution in [0, 0.1) is 0 Å². The van der Waals surface area contributed by atoms with Crippen LogP contribution in [-0.2, 0) is 9.63 Å². The Balaban J connectivity index is 2.01. The average Bonchev–Trinajstić information content (AvgIpc) is 2.78.